The first kappa shape index (κ1) is 17.2. The van der Waals surface area contributed by atoms with Crippen molar-refractivity contribution in [1.29, 1.82) is 0 Å². The van der Waals surface area contributed by atoms with Crippen molar-refractivity contribution in [2.75, 3.05) is 13.6 Å². The minimum absolute atomic E-state index is 0.0298. The van der Waals surface area contributed by atoms with E-state index in [0.29, 0.717) is 6.54 Å². The van der Waals surface area contributed by atoms with Crippen molar-refractivity contribution in [2.24, 2.45) is 0 Å². The van der Waals surface area contributed by atoms with Gasteiger partial charge in [-0.05, 0) is 29.3 Å². The maximum atomic E-state index is 12.3. The van der Waals surface area contributed by atoms with E-state index in [0.717, 1.165) is 12.1 Å². The van der Waals surface area contributed by atoms with Crippen LogP contribution in [-0.4, -0.2) is 19.5 Å². The summed E-state index contributed by atoms with van der Waals surface area (Å²) in [6, 6.07) is 24.9. The maximum absolute atomic E-state index is 12.3. The van der Waals surface area contributed by atoms with Crippen LogP contribution in [0.4, 0.5) is 0 Å². The number of rotatable bonds is 6. The fourth-order valence-corrected chi connectivity index (χ4v) is 3.15. The molecule has 0 bridgehead atoms. The molecule has 2 N–H and O–H groups in total. The molecular formula is C22H25N2O+. The number of likely N-dealkylation sites (N-methyl/N-ethyl adjacent to an activating group) is 1. The Labute approximate surface area is 149 Å². The number of carbonyl (C=O) groups is 1. The molecule has 0 radical (unpaired) electrons. The predicted octanol–water partition coefficient (Wildman–Crippen LogP) is 2.73. The lowest BCUT2D eigenvalue weighted by molar-refractivity contribution is -0.885. The van der Waals surface area contributed by atoms with Crippen LogP contribution >= 0.6 is 0 Å². The molecule has 1 amide bonds. The van der Waals surface area contributed by atoms with Crippen molar-refractivity contribution in [3.8, 4) is 0 Å². The molecule has 0 aliphatic carbocycles. The van der Waals surface area contributed by atoms with Gasteiger partial charge in [0.2, 0.25) is 0 Å². The van der Waals surface area contributed by atoms with Crippen LogP contribution in [0.3, 0.4) is 0 Å². The molecule has 3 aromatic rings. The molecule has 0 saturated heterocycles. The Hall–Kier alpha value is -2.65. The monoisotopic (exact) mass is 333 g/mol. The molecular weight excluding hydrogens is 308 g/mol. The second-order valence-electron chi connectivity index (χ2n) is 6.69. The fraction of sp³-hybridized carbons (Fsp3) is 0.227. The van der Waals surface area contributed by atoms with Gasteiger partial charge in [-0.1, -0.05) is 66.7 Å². The van der Waals surface area contributed by atoms with Crippen molar-refractivity contribution in [1.82, 2.24) is 5.32 Å². The van der Waals surface area contributed by atoms with E-state index in [1.165, 1.54) is 21.2 Å². The molecule has 1 unspecified atom stereocenters. The van der Waals surface area contributed by atoms with Gasteiger partial charge in [-0.15, -0.1) is 0 Å². The SMILES string of the molecule is C[C@H](NC(=O)C[NH+](C)Cc1ccc2ccccc2c1)c1ccccc1. The summed E-state index contributed by atoms with van der Waals surface area (Å²) >= 11 is 0. The molecule has 3 heteroatoms. The van der Waals surface area contributed by atoms with Crippen molar-refractivity contribution in [3.05, 3.63) is 83.9 Å². The van der Waals surface area contributed by atoms with Crippen LogP contribution in [0.25, 0.3) is 10.8 Å². The molecule has 0 fully saturated rings. The number of amides is 1. The van der Waals surface area contributed by atoms with E-state index in [9.17, 15) is 4.79 Å². The molecule has 0 saturated carbocycles. The lowest BCUT2D eigenvalue weighted by atomic mass is 10.1. The van der Waals surface area contributed by atoms with Gasteiger partial charge >= 0.3 is 0 Å². The largest absolute Gasteiger partial charge is 0.345 e. The average molecular weight is 333 g/mol. The minimum Gasteiger partial charge on any atom is -0.345 e. The Morgan fingerprint density at radius 3 is 2.40 bits per heavy atom. The highest BCUT2D eigenvalue weighted by Crippen LogP contribution is 2.15. The average Bonchev–Trinajstić information content (AvgIpc) is 2.62. The van der Waals surface area contributed by atoms with Gasteiger partial charge in [-0.3, -0.25) is 4.79 Å². The first-order valence-corrected chi connectivity index (χ1v) is 8.75. The number of quaternary nitrogens is 1. The van der Waals surface area contributed by atoms with Gasteiger partial charge in [-0.2, -0.15) is 0 Å². The summed E-state index contributed by atoms with van der Waals surface area (Å²) < 4.78 is 0. The quantitative estimate of drug-likeness (QED) is 0.714. The van der Waals surface area contributed by atoms with E-state index in [1.807, 2.05) is 37.3 Å². The Morgan fingerprint density at radius 1 is 0.960 bits per heavy atom. The van der Waals surface area contributed by atoms with Gasteiger partial charge in [0.15, 0.2) is 6.54 Å². The van der Waals surface area contributed by atoms with Gasteiger partial charge in [0, 0.05) is 5.56 Å². The molecule has 128 valence electrons. The normalized spacial score (nSPS) is 13.4. The lowest BCUT2D eigenvalue weighted by Gasteiger charge is -2.17. The van der Waals surface area contributed by atoms with Crippen LogP contribution in [0.2, 0.25) is 0 Å². The molecule has 3 nitrogen and oxygen atoms in total. The van der Waals surface area contributed by atoms with Gasteiger partial charge < -0.3 is 10.2 Å². The summed E-state index contributed by atoms with van der Waals surface area (Å²) in [4.78, 5) is 13.5. The molecule has 0 heterocycles. The number of nitrogens with one attached hydrogen (secondary N) is 2. The highest BCUT2D eigenvalue weighted by Gasteiger charge is 2.14. The Morgan fingerprint density at radius 2 is 1.64 bits per heavy atom. The van der Waals surface area contributed by atoms with E-state index in [2.05, 4.69) is 54.8 Å². The van der Waals surface area contributed by atoms with E-state index in [-0.39, 0.29) is 11.9 Å². The third-order valence-electron chi connectivity index (χ3n) is 4.46. The van der Waals surface area contributed by atoms with Crippen molar-refractivity contribution in [2.45, 2.75) is 19.5 Å². The summed E-state index contributed by atoms with van der Waals surface area (Å²) in [7, 11) is 2.06. The molecule has 0 aliphatic rings. The lowest BCUT2D eigenvalue weighted by Crippen LogP contribution is -3.08. The van der Waals surface area contributed by atoms with Crippen LogP contribution in [0, 0.1) is 0 Å². The molecule has 0 aliphatic heterocycles. The summed E-state index contributed by atoms with van der Waals surface area (Å²) in [5, 5.41) is 5.58. The van der Waals surface area contributed by atoms with Crippen LogP contribution < -0.4 is 10.2 Å². The minimum atomic E-state index is 0.0298. The summed E-state index contributed by atoms with van der Waals surface area (Å²) in [6.07, 6.45) is 0. The summed E-state index contributed by atoms with van der Waals surface area (Å²) in [5.41, 5.74) is 2.38. The molecule has 25 heavy (non-hydrogen) atoms. The van der Waals surface area contributed by atoms with Gasteiger partial charge in [0.05, 0.1) is 13.1 Å². The van der Waals surface area contributed by atoms with Crippen LogP contribution in [0.15, 0.2) is 72.8 Å². The third kappa shape index (κ3) is 4.68. The number of hydrogen-bond donors (Lipinski definition) is 2. The number of fused-ring (bicyclic) bond motifs is 1. The Balaban J connectivity index is 1.55. The van der Waals surface area contributed by atoms with Gasteiger partial charge in [-0.25, -0.2) is 0 Å². The highest BCUT2D eigenvalue weighted by molar-refractivity contribution is 5.83. The van der Waals surface area contributed by atoms with E-state index < -0.39 is 0 Å². The Kier molecular flexibility index (Phi) is 5.46. The molecule has 3 rings (SSSR count). The summed E-state index contributed by atoms with van der Waals surface area (Å²) in [5.74, 6) is 0.0784. The molecule has 2 atom stereocenters. The van der Waals surface area contributed by atoms with Gasteiger partial charge in [0.25, 0.3) is 5.91 Å². The van der Waals surface area contributed by atoms with Crippen LogP contribution in [-0.2, 0) is 11.3 Å². The molecule has 3 aromatic carbocycles. The number of hydrogen-bond acceptors (Lipinski definition) is 1. The smallest absolute Gasteiger partial charge is 0.275 e. The van der Waals surface area contributed by atoms with Crippen LogP contribution in [0.1, 0.15) is 24.1 Å². The Bertz CT molecular complexity index is 845. The zero-order valence-corrected chi connectivity index (χ0v) is 14.8. The molecule has 0 spiro atoms. The predicted molar refractivity (Wildman–Crippen MR) is 102 cm³/mol. The molecule has 0 aromatic heterocycles. The highest BCUT2D eigenvalue weighted by atomic mass is 16.2. The first-order valence-electron chi connectivity index (χ1n) is 8.75. The first-order chi connectivity index (χ1) is 12.1. The second-order valence-corrected chi connectivity index (χ2v) is 6.69. The van der Waals surface area contributed by atoms with Crippen LogP contribution in [0.5, 0.6) is 0 Å². The summed E-state index contributed by atoms with van der Waals surface area (Å²) in [6.45, 7) is 3.31. The van der Waals surface area contributed by atoms with E-state index in [1.54, 1.807) is 0 Å². The van der Waals surface area contributed by atoms with Crippen molar-refractivity contribution < 1.29 is 9.69 Å². The van der Waals surface area contributed by atoms with Crippen molar-refractivity contribution in [3.63, 3.8) is 0 Å². The fourth-order valence-electron chi connectivity index (χ4n) is 3.15. The number of benzene rings is 3. The zero-order chi connectivity index (χ0) is 17.6. The van der Waals surface area contributed by atoms with E-state index in [4.69, 9.17) is 0 Å². The third-order valence-corrected chi connectivity index (χ3v) is 4.46. The number of carbonyl (C=O) groups excluding carboxylic acids is 1. The second kappa shape index (κ2) is 7.95. The standard InChI is InChI=1S/C22H24N2O/c1-17(19-8-4-3-5-9-19)23-22(25)16-24(2)15-18-12-13-20-10-6-7-11-21(20)14-18/h3-14,17H,15-16H2,1-2H3,(H,23,25)/p+1/t17-/m0/s1. The van der Waals surface area contributed by atoms with Gasteiger partial charge in [0.1, 0.15) is 6.54 Å². The maximum Gasteiger partial charge on any atom is 0.275 e. The van der Waals surface area contributed by atoms with Crippen molar-refractivity contribution >= 4 is 16.7 Å². The topological polar surface area (TPSA) is 33.5 Å². The zero-order valence-electron chi connectivity index (χ0n) is 14.8. The van der Waals surface area contributed by atoms with E-state index >= 15 is 0 Å².